The van der Waals surface area contributed by atoms with Gasteiger partial charge in [-0.3, -0.25) is 0 Å². The summed E-state index contributed by atoms with van der Waals surface area (Å²) in [5, 5.41) is 13.7. The molecule has 0 spiro atoms. The number of aromatic hydroxyl groups is 1. The molecular weight excluding hydrogens is 544 g/mol. The number of benzene rings is 3. The molecular formula is C27H27NO3Se2. The fraction of sp³-hybridized carbons (Fsp3) is 0.222. The topological polar surface area (TPSA) is 53.7 Å². The monoisotopic (exact) mass is 573 g/mol. The summed E-state index contributed by atoms with van der Waals surface area (Å²) in [5.74, 6) is 0.184. The van der Waals surface area contributed by atoms with Crippen molar-refractivity contribution in [1.82, 2.24) is 4.90 Å². The van der Waals surface area contributed by atoms with E-state index in [0.29, 0.717) is 47.6 Å². The van der Waals surface area contributed by atoms with Crippen LogP contribution in [-0.4, -0.2) is 53.0 Å². The van der Waals surface area contributed by atoms with Gasteiger partial charge in [-0.25, -0.2) is 0 Å². The summed E-state index contributed by atoms with van der Waals surface area (Å²) < 4.78 is 8.36. The Morgan fingerprint density at radius 2 is 1.42 bits per heavy atom. The van der Waals surface area contributed by atoms with E-state index in [0.717, 1.165) is 34.7 Å². The van der Waals surface area contributed by atoms with Gasteiger partial charge in [-0.1, -0.05) is 0 Å². The van der Waals surface area contributed by atoms with Crippen molar-refractivity contribution in [2.45, 2.75) is 24.1 Å². The first-order valence-corrected chi connectivity index (χ1v) is 15.1. The van der Waals surface area contributed by atoms with Crippen molar-refractivity contribution in [2.75, 3.05) is 13.1 Å². The SMILES string of the molecule is Cc1cc(=O)oc2c(CN(CC[Se]c3ccccc3)CC[Se]c3ccccc3)c(O)ccc12. The Labute approximate surface area is 206 Å². The van der Waals surface area contributed by atoms with E-state index in [1.165, 1.54) is 15.0 Å². The van der Waals surface area contributed by atoms with Gasteiger partial charge >= 0.3 is 208 Å². The second-order valence-corrected chi connectivity index (χ2v) is 12.7. The molecule has 4 nitrogen and oxygen atoms in total. The van der Waals surface area contributed by atoms with Crippen molar-refractivity contribution >= 4 is 49.8 Å². The Morgan fingerprint density at radius 1 is 0.848 bits per heavy atom. The molecule has 0 saturated heterocycles. The molecule has 170 valence electrons. The maximum absolute atomic E-state index is 12.1. The summed E-state index contributed by atoms with van der Waals surface area (Å²) in [4.78, 5) is 14.4. The second kappa shape index (κ2) is 11.7. The zero-order valence-corrected chi connectivity index (χ0v) is 22.0. The van der Waals surface area contributed by atoms with Gasteiger partial charge < -0.3 is 0 Å². The van der Waals surface area contributed by atoms with E-state index in [2.05, 4.69) is 65.6 Å². The Morgan fingerprint density at radius 3 is 2.00 bits per heavy atom. The standard InChI is InChI=1S/C27H27NO3Se2/c1-20-18-26(30)31-27-23(20)12-13-25(29)24(27)19-28(14-16-32-21-8-4-2-5-9-21)15-17-33-22-10-6-3-7-11-22/h2-13,18,29H,14-17,19H2,1H3. The maximum atomic E-state index is 12.1. The van der Waals surface area contributed by atoms with Crippen LogP contribution in [0.15, 0.2) is 88.1 Å². The predicted octanol–water partition coefficient (Wildman–Crippen LogP) is 3.51. The van der Waals surface area contributed by atoms with Gasteiger partial charge in [-0.05, 0) is 0 Å². The molecule has 0 aliphatic heterocycles. The first kappa shape index (κ1) is 23.8. The molecule has 0 aliphatic carbocycles. The Bertz CT molecular complexity index is 1200. The fourth-order valence-electron chi connectivity index (χ4n) is 3.69. The van der Waals surface area contributed by atoms with Gasteiger partial charge in [0.1, 0.15) is 0 Å². The summed E-state index contributed by atoms with van der Waals surface area (Å²) in [6.45, 7) is 4.34. The van der Waals surface area contributed by atoms with E-state index in [9.17, 15) is 9.90 Å². The van der Waals surface area contributed by atoms with E-state index >= 15 is 0 Å². The van der Waals surface area contributed by atoms with E-state index in [-0.39, 0.29) is 11.4 Å². The van der Waals surface area contributed by atoms with Crippen LogP contribution < -0.4 is 14.5 Å². The van der Waals surface area contributed by atoms with Gasteiger partial charge in [0.05, 0.1) is 0 Å². The molecule has 3 aromatic carbocycles. The van der Waals surface area contributed by atoms with Gasteiger partial charge in [0.15, 0.2) is 0 Å². The normalized spacial score (nSPS) is 11.3. The second-order valence-electron chi connectivity index (χ2n) is 7.79. The number of hydrogen-bond acceptors (Lipinski definition) is 4. The van der Waals surface area contributed by atoms with Crippen molar-refractivity contribution in [3.63, 3.8) is 0 Å². The minimum atomic E-state index is -0.377. The molecule has 0 radical (unpaired) electrons. The van der Waals surface area contributed by atoms with Crippen LogP contribution in [0.1, 0.15) is 11.1 Å². The van der Waals surface area contributed by atoms with Crippen LogP contribution in [-0.2, 0) is 6.54 Å². The number of aryl methyl sites for hydroxylation is 1. The first-order chi connectivity index (χ1) is 16.1. The number of rotatable bonds is 10. The first-order valence-electron chi connectivity index (χ1n) is 10.9. The van der Waals surface area contributed by atoms with Gasteiger partial charge in [0.25, 0.3) is 0 Å². The molecule has 0 saturated carbocycles. The van der Waals surface area contributed by atoms with E-state index in [1.807, 2.05) is 13.0 Å². The van der Waals surface area contributed by atoms with Crippen LogP contribution in [0.4, 0.5) is 0 Å². The molecule has 0 amide bonds. The van der Waals surface area contributed by atoms with Crippen molar-refractivity contribution < 1.29 is 9.52 Å². The molecule has 0 unspecified atom stereocenters. The van der Waals surface area contributed by atoms with Crippen LogP contribution in [0.2, 0.25) is 10.6 Å². The summed E-state index contributed by atoms with van der Waals surface area (Å²) in [6.07, 6.45) is 0. The predicted molar refractivity (Wildman–Crippen MR) is 137 cm³/mol. The van der Waals surface area contributed by atoms with Crippen LogP contribution in [0.5, 0.6) is 5.75 Å². The Balaban J connectivity index is 1.52. The summed E-state index contributed by atoms with van der Waals surface area (Å²) in [6, 6.07) is 26.3. The summed E-state index contributed by atoms with van der Waals surface area (Å²) >= 11 is 0.794. The third kappa shape index (κ3) is 6.60. The third-order valence-corrected chi connectivity index (χ3v) is 9.58. The van der Waals surface area contributed by atoms with Gasteiger partial charge in [0, 0.05) is 0 Å². The minimum absolute atomic E-state index is 0.184. The fourth-order valence-corrected chi connectivity index (χ4v) is 7.62. The Hall–Kier alpha value is -2.33. The molecule has 0 bridgehead atoms. The zero-order valence-electron chi connectivity index (χ0n) is 18.6. The van der Waals surface area contributed by atoms with Crippen molar-refractivity contribution in [3.8, 4) is 5.75 Å². The summed E-state index contributed by atoms with van der Waals surface area (Å²) in [5.41, 5.74) is 1.70. The summed E-state index contributed by atoms with van der Waals surface area (Å²) in [7, 11) is 0. The van der Waals surface area contributed by atoms with E-state index in [1.54, 1.807) is 6.07 Å². The van der Waals surface area contributed by atoms with Crippen LogP contribution in [0, 0.1) is 6.92 Å². The van der Waals surface area contributed by atoms with E-state index < -0.39 is 0 Å². The quantitative estimate of drug-likeness (QED) is 0.234. The number of phenols is 1. The number of phenolic OH excluding ortho intramolecular Hbond substituents is 1. The molecule has 0 fully saturated rings. The van der Waals surface area contributed by atoms with Gasteiger partial charge in [0.2, 0.25) is 0 Å². The molecule has 1 heterocycles. The molecule has 6 heteroatoms. The molecule has 4 aromatic rings. The van der Waals surface area contributed by atoms with Crippen LogP contribution in [0.25, 0.3) is 11.0 Å². The molecule has 0 atom stereocenters. The molecule has 1 N–H and O–H groups in total. The van der Waals surface area contributed by atoms with Crippen molar-refractivity contribution in [2.24, 2.45) is 0 Å². The number of fused-ring (bicyclic) bond motifs is 1. The number of hydrogen-bond donors (Lipinski definition) is 1. The van der Waals surface area contributed by atoms with Crippen molar-refractivity contribution in [3.05, 3.63) is 100 Å². The van der Waals surface area contributed by atoms with Crippen LogP contribution >= 0.6 is 0 Å². The molecule has 1 aromatic heterocycles. The molecule has 0 aliphatic rings. The average molecular weight is 571 g/mol. The zero-order chi connectivity index (χ0) is 23.0. The van der Waals surface area contributed by atoms with E-state index in [4.69, 9.17) is 4.42 Å². The molecule has 33 heavy (non-hydrogen) atoms. The average Bonchev–Trinajstić information content (AvgIpc) is 2.82. The van der Waals surface area contributed by atoms with Gasteiger partial charge in [-0.2, -0.15) is 0 Å². The third-order valence-electron chi connectivity index (χ3n) is 5.42. The van der Waals surface area contributed by atoms with Crippen molar-refractivity contribution in [1.29, 1.82) is 0 Å². The van der Waals surface area contributed by atoms with Gasteiger partial charge in [-0.15, -0.1) is 0 Å². The number of nitrogens with zero attached hydrogens (tertiary/aromatic N) is 1. The van der Waals surface area contributed by atoms with Crippen LogP contribution in [0.3, 0.4) is 0 Å². The molecule has 4 rings (SSSR count). The Kier molecular flexibility index (Phi) is 8.44.